The molecular formula is C20H18BrF3N4O. The summed E-state index contributed by atoms with van der Waals surface area (Å²) in [5.74, 6) is -0.329. The van der Waals surface area contributed by atoms with E-state index in [9.17, 15) is 18.0 Å². The Bertz CT molecular complexity index is 1000. The van der Waals surface area contributed by atoms with Gasteiger partial charge in [0, 0.05) is 60.6 Å². The second kappa shape index (κ2) is 8.69. The van der Waals surface area contributed by atoms with Crippen molar-refractivity contribution in [3.05, 3.63) is 81.8 Å². The molecule has 0 aliphatic rings. The molecule has 1 aromatic carbocycles. The number of aromatic nitrogens is 2. The van der Waals surface area contributed by atoms with Gasteiger partial charge in [0.1, 0.15) is 0 Å². The van der Waals surface area contributed by atoms with Crippen molar-refractivity contribution < 1.29 is 18.0 Å². The topological polar surface area (TPSA) is 59.0 Å². The summed E-state index contributed by atoms with van der Waals surface area (Å²) < 4.78 is 42.8. The Morgan fingerprint density at radius 2 is 2.03 bits per heavy atom. The van der Waals surface area contributed by atoms with Gasteiger partial charge in [-0.1, -0.05) is 22.0 Å². The van der Waals surface area contributed by atoms with Crippen LogP contribution in [0.4, 0.5) is 18.9 Å². The zero-order valence-corrected chi connectivity index (χ0v) is 17.0. The molecule has 9 heteroatoms. The molecule has 152 valence electrons. The summed E-state index contributed by atoms with van der Waals surface area (Å²) in [5.41, 5.74) is 0.949. The summed E-state index contributed by atoms with van der Waals surface area (Å²) in [5, 5.41) is 5.48. The summed E-state index contributed by atoms with van der Waals surface area (Å²) in [4.78, 5) is 16.0. The number of alkyl halides is 3. The van der Waals surface area contributed by atoms with Crippen molar-refractivity contribution in [3.8, 4) is 0 Å². The Kier molecular flexibility index (Phi) is 6.26. The van der Waals surface area contributed by atoms with E-state index in [-0.39, 0.29) is 24.6 Å². The molecule has 0 unspecified atom stereocenters. The summed E-state index contributed by atoms with van der Waals surface area (Å²) >= 11 is 3.32. The van der Waals surface area contributed by atoms with Crippen LogP contribution in [0.25, 0.3) is 0 Å². The van der Waals surface area contributed by atoms with Crippen molar-refractivity contribution in [3.63, 3.8) is 0 Å². The van der Waals surface area contributed by atoms with Crippen LogP contribution in [0.1, 0.15) is 27.0 Å². The Morgan fingerprint density at radius 3 is 2.69 bits per heavy atom. The van der Waals surface area contributed by atoms with Gasteiger partial charge in [0.25, 0.3) is 5.91 Å². The lowest BCUT2D eigenvalue weighted by Gasteiger charge is -2.13. The molecule has 0 bridgehead atoms. The van der Waals surface area contributed by atoms with E-state index in [1.165, 1.54) is 17.8 Å². The molecule has 0 atom stereocenters. The fraction of sp³-hybridized carbons (Fsp3) is 0.200. The van der Waals surface area contributed by atoms with E-state index in [0.717, 1.165) is 11.8 Å². The lowest BCUT2D eigenvalue weighted by atomic mass is 10.1. The van der Waals surface area contributed by atoms with Crippen LogP contribution in [0, 0.1) is 0 Å². The fourth-order valence-electron chi connectivity index (χ4n) is 2.93. The van der Waals surface area contributed by atoms with E-state index >= 15 is 0 Å². The molecular weight excluding hydrogens is 449 g/mol. The summed E-state index contributed by atoms with van der Waals surface area (Å²) in [7, 11) is 1.49. The first-order valence-electron chi connectivity index (χ1n) is 8.68. The molecule has 2 heterocycles. The third kappa shape index (κ3) is 5.17. The maximum Gasteiger partial charge on any atom is 0.418 e. The van der Waals surface area contributed by atoms with Gasteiger partial charge in [-0.2, -0.15) is 13.2 Å². The Balaban J connectivity index is 1.87. The average Bonchev–Trinajstić information content (AvgIpc) is 3.10. The van der Waals surface area contributed by atoms with Crippen LogP contribution in [0.5, 0.6) is 0 Å². The van der Waals surface area contributed by atoms with E-state index < -0.39 is 11.7 Å². The van der Waals surface area contributed by atoms with Crippen molar-refractivity contribution >= 4 is 27.5 Å². The van der Waals surface area contributed by atoms with E-state index in [0.29, 0.717) is 15.7 Å². The van der Waals surface area contributed by atoms with Gasteiger partial charge in [-0.05, 0) is 29.8 Å². The van der Waals surface area contributed by atoms with Crippen LogP contribution >= 0.6 is 15.9 Å². The first-order chi connectivity index (χ1) is 13.8. The Hall–Kier alpha value is -2.81. The van der Waals surface area contributed by atoms with Crippen molar-refractivity contribution in [2.75, 3.05) is 12.4 Å². The molecule has 1 amide bonds. The first-order valence-corrected chi connectivity index (χ1v) is 9.47. The predicted octanol–water partition coefficient (Wildman–Crippen LogP) is 4.68. The summed E-state index contributed by atoms with van der Waals surface area (Å²) in [6.45, 7) is 0.187. The third-order valence-corrected chi connectivity index (χ3v) is 4.77. The van der Waals surface area contributed by atoms with E-state index in [1.807, 2.05) is 0 Å². The van der Waals surface area contributed by atoms with Crippen molar-refractivity contribution in [2.24, 2.45) is 0 Å². The monoisotopic (exact) mass is 466 g/mol. The highest BCUT2D eigenvalue weighted by atomic mass is 79.9. The number of pyridine rings is 1. The zero-order chi connectivity index (χ0) is 21.0. The van der Waals surface area contributed by atoms with Crippen LogP contribution in [0.3, 0.4) is 0 Å². The van der Waals surface area contributed by atoms with Crippen molar-refractivity contribution in [2.45, 2.75) is 19.3 Å². The molecule has 0 radical (unpaired) electrons. The molecule has 0 spiro atoms. The quantitative estimate of drug-likeness (QED) is 0.554. The number of hydrogen-bond acceptors (Lipinski definition) is 3. The molecule has 2 aromatic heterocycles. The molecule has 0 aliphatic carbocycles. The highest BCUT2D eigenvalue weighted by Gasteiger charge is 2.34. The molecule has 0 aliphatic heterocycles. The van der Waals surface area contributed by atoms with Crippen LogP contribution in [0.15, 0.2) is 59.6 Å². The number of rotatable bonds is 6. The first kappa shape index (κ1) is 20.9. The fourth-order valence-corrected chi connectivity index (χ4v) is 3.29. The lowest BCUT2D eigenvalue weighted by molar-refractivity contribution is -0.138. The number of nitrogens with one attached hydrogen (secondary N) is 2. The molecule has 3 rings (SSSR count). The molecule has 2 N–H and O–H groups in total. The largest absolute Gasteiger partial charge is 0.418 e. The predicted molar refractivity (Wildman–Crippen MR) is 108 cm³/mol. The lowest BCUT2D eigenvalue weighted by Crippen LogP contribution is -2.20. The third-order valence-electron chi connectivity index (χ3n) is 4.28. The molecule has 5 nitrogen and oxygen atoms in total. The molecule has 0 fully saturated rings. The van der Waals surface area contributed by atoms with Gasteiger partial charge >= 0.3 is 6.18 Å². The number of carbonyl (C=O) groups is 1. The van der Waals surface area contributed by atoms with Crippen LogP contribution in [-0.2, 0) is 19.3 Å². The van der Waals surface area contributed by atoms with Gasteiger partial charge in [0.05, 0.1) is 11.1 Å². The van der Waals surface area contributed by atoms with E-state index in [4.69, 9.17) is 0 Å². The minimum absolute atomic E-state index is 0.0872. The molecule has 29 heavy (non-hydrogen) atoms. The van der Waals surface area contributed by atoms with Gasteiger partial charge in [-0.15, -0.1) is 0 Å². The summed E-state index contributed by atoms with van der Waals surface area (Å²) in [6.07, 6.45) is 1.28. The number of hydrogen-bond donors (Lipinski definition) is 2. The number of halogens is 4. The minimum atomic E-state index is -4.49. The zero-order valence-electron chi connectivity index (χ0n) is 15.4. The van der Waals surface area contributed by atoms with Gasteiger partial charge in [-0.3, -0.25) is 9.78 Å². The SMILES string of the molecule is CNC(=O)c1ccc(Br)cc1NCc1cn(Cc2cccnc2)cc1C(F)(F)F. The van der Waals surface area contributed by atoms with Crippen LogP contribution in [0.2, 0.25) is 0 Å². The number of benzene rings is 1. The number of anilines is 1. The maximum absolute atomic E-state index is 13.5. The van der Waals surface area contributed by atoms with Crippen LogP contribution < -0.4 is 10.6 Å². The highest BCUT2D eigenvalue weighted by molar-refractivity contribution is 9.10. The average molecular weight is 467 g/mol. The van der Waals surface area contributed by atoms with Gasteiger partial charge < -0.3 is 15.2 Å². The molecule has 0 saturated carbocycles. The minimum Gasteiger partial charge on any atom is -0.380 e. The van der Waals surface area contributed by atoms with Gasteiger partial charge in [0.15, 0.2) is 0 Å². The van der Waals surface area contributed by atoms with E-state index in [2.05, 4.69) is 31.5 Å². The molecule has 3 aromatic rings. The van der Waals surface area contributed by atoms with E-state index in [1.54, 1.807) is 42.7 Å². The van der Waals surface area contributed by atoms with Gasteiger partial charge in [-0.25, -0.2) is 0 Å². The smallest absolute Gasteiger partial charge is 0.380 e. The second-order valence-electron chi connectivity index (χ2n) is 6.35. The van der Waals surface area contributed by atoms with Crippen LogP contribution in [-0.4, -0.2) is 22.5 Å². The van der Waals surface area contributed by atoms with Gasteiger partial charge in [0.2, 0.25) is 0 Å². The Labute approximate surface area is 174 Å². The number of nitrogens with zero attached hydrogens (tertiary/aromatic N) is 2. The standard InChI is InChI=1S/C20H18BrF3N4O/c1-25-19(29)16-5-4-15(21)7-18(16)27-9-14-11-28(12-17(14)20(22,23)24)10-13-3-2-6-26-8-13/h2-8,11-12,27H,9-10H2,1H3,(H,25,29). The number of carbonyl (C=O) groups excluding carboxylic acids is 1. The maximum atomic E-state index is 13.5. The summed E-state index contributed by atoms with van der Waals surface area (Å²) in [6, 6.07) is 8.49. The number of amides is 1. The highest BCUT2D eigenvalue weighted by Crippen LogP contribution is 2.33. The molecule has 0 saturated heterocycles. The van der Waals surface area contributed by atoms with Crippen molar-refractivity contribution in [1.29, 1.82) is 0 Å². The van der Waals surface area contributed by atoms with Crippen molar-refractivity contribution in [1.82, 2.24) is 14.9 Å². The normalized spacial score (nSPS) is 11.3. The Morgan fingerprint density at radius 1 is 1.24 bits per heavy atom. The second-order valence-corrected chi connectivity index (χ2v) is 7.27.